The van der Waals surface area contributed by atoms with Crippen LogP contribution >= 0.6 is 0 Å². The van der Waals surface area contributed by atoms with E-state index in [1.54, 1.807) is 7.11 Å². The van der Waals surface area contributed by atoms with Gasteiger partial charge < -0.3 is 9.15 Å². The molecule has 0 aliphatic rings. The summed E-state index contributed by atoms with van der Waals surface area (Å²) in [5.74, 6) is 2.31. The highest BCUT2D eigenvalue weighted by Crippen LogP contribution is 2.31. The maximum Gasteiger partial charge on any atom is 0.226 e. The normalized spacial score (nSPS) is 11.3. The van der Waals surface area contributed by atoms with Crippen LogP contribution in [0.15, 0.2) is 21.2 Å². The van der Waals surface area contributed by atoms with Gasteiger partial charge in [-0.15, -0.1) is 0 Å². The minimum absolute atomic E-state index is 0.633. The van der Waals surface area contributed by atoms with E-state index in [0.29, 0.717) is 19.0 Å². The highest BCUT2D eigenvalue weighted by molar-refractivity contribution is 5.62. The highest BCUT2D eigenvalue weighted by atomic mass is 16.6. The minimum atomic E-state index is 0.633. The molecule has 0 saturated heterocycles. The van der Waals surface area contributed by atoms with Crippen molar-refractivity contribution < 1.29 is 13.8 Å². The monoisotopic (exact) mass is 356 g/mol. The van der Waals surface area contributed by atoms with Crippen LogP contribution in [0, 0.1) is 27.7 Å². The molecule has 0 amide bonds. The number of benzene rings is 1. The second-order valence-electron chi connectivity index (χ2n) is 6.63. The summed E-state index contributed by atoms with van der Waals surface area (Å²) in [4.78, 5) is 6.82. The lowest BCUT2D eigenvalue weighted by atomic mass is 10.0. The van der Waals surface area contributed by atoms with Gasteiger partial charge in [0.25, 0.3) is 0 Å². The Hall–Kier alpha value is -2.67. The number of oxazole rings is 1. The first-order valence-electron chi connectivity index (χ1n) is 8.47. The Bertz CT molecular complexity index is 914. The van der Waals surface area contributed by atoms with Crippen molar-refractivity contribution >= 4 is 0 Å². The van der Waals surface area contributed by atoms with Crippen molar-refractivity contribution in [1.29, 1.82) is 0 Å². The molecule has 0 fully saturated rings. The Balaban J connectivity index is 1.81. The third kappa shape index (κ3) is 3.62. The van der Waals surface area contributed by atoms with Gasteiger partial charge in [0, 0.05) is 18.7 Å². The molecule has 2 aromatic heterocycles. The second kappa shape index (κ2) is 7.29. The third-order valence-electron chi connectivity index (χ3n) is 4.45. The van der Waals surface area contributed by atoms with Crippen molar-refractivity contribution in [2.75, 3.05) is 14.2 Å². The average molecular weight is 356 g/mol. The molecular formula is C19H24N4O3. The molecule has 7 heteroatoms. The predicted octanol–water partition coefficient (Wildman–Crippen LogP) is 3.60. The number of ether oxygens (including phenoxy) is 1. The van der Waals surface area contributed by atoms with Gasteiger partial charge in [-0.05, 0) is 58.0 Å². The molecule has 0 aliphatic carbocycles. The lowest BCUT2D eigenvalue weighted by Gasteiger charge is -2.13. The van der Waals surface area contributed by atoms with Crippen LogP contribution in [0.4, 0.5) is 0 Å². The van der Waals surface area contributed by atoms with Crippen LogP contribution in [-0.4, -0.2) is 34.4 Å². The fraction of sp³-hybridized carbons (Fsp3) is 0.421. The number of aryl methyl sites for hydroxylation is 4. The van der Waals surface area contributed by atoms with Gasteiger partial charge in [-0.2, -0.15) is 0 Å². The largest absolute Gasteiger partial charge is 0.496 e. The number of hydrogen-bond acceptors (Lipinski definition) is 7. The SMILES string of the molecule is COc1cc(C)c(-c2nc(CN(C)Cc3nonc3C)c(C)o2)cc1C. The molecule has 26 heavy (non-hydrogen) atoms. The van der Waals surface area contributed by atoms with Crippen molar-refractivity contribution in [3.05, 3.63) is 46.1 Å². The zero-order valence-corrected chi connectivity index (χ0v) is 16.1. The van der Waals surface area contributed by atoms with E-state index in [-0.39, 0.29) is 0 Å². The number of nitrogens with zero attached hydrogens (tertiary/aromatic N) is 4. The van der Waals surface area contributed by atoms with Gasteiger partial charge in [-0.25, -0.2) is 9.61 Å². The quantitative estimate of drug-likeness (QED) is 0.668. The Labute approximate surface area is 152 Å². The summed E-state index contributed by atoms with van der Waals surface area (Å²) in [6.45, 7) is 9.15. The van der Waals surface area contributed by atoms with Crippen LogP contribution in [0.25, 0.3) is 11.5 Å². The van der Waals surface area contributed by atoms with Crippen LogP contribution in [0.3, 0.4) is 0 Å². The van der Waals surface area contributed by atoms with Crippen molar-refractivity contribution in [3.63, 3.8) is 0 Å². The van der Waals surface area contributed by atoms with E-state index in [2.05, 4.69) is 21.3 Å². The maximum atomic E-state index is 5.94. The van der Waals surface area contributed by atoms with Crippen LogP contribution in [-0.2, 0) is 13.1 Å². The molecule has 0 atom stereocenters. The molecule has 0 radical (unpaired) electrons. The predicted molar refractivity (Wildman–Crippen MR) is 96.9 cm³/mol. The van der Waals surface area contributed by atoms with Gasteiger partial charge in [-0.1, -0.05) is 10.3 Å². The number of rotatable bonds is 6. The molecular weight excluding hydrogens is 332 g/mol. The summed E-state index contributed by atoms with van der Waals surface area (Å²) < 4.78 is 16.1. The van der Waals surface area contributed by atoms with Gasteiger partial charge >= 0.3 is 0 Å². The van der Waals surface area contributed by atoms with E-state index in [1.165, 1.54) is 0 Å². The minimum Gasteiger partial charge on any atom is -0.496 e. The molecule has 0 bridgehead atoms. The van der Waals surface area contributed by atoms with Crippen molar-refractivity contribution in [2.24, 2.45) is 0 Å². The van der Waals surface area contributed by atoms with E-state index in [9.17, 15) is 0 Å². The van der Waals surface area contributed by atoms with Crippen molar-refractivity contribution in [3.8, 4) is 17.2 Å². The topological polar surface area (TPSA) is 77.4 Å². The van der Waals surface area contributed by atoms with E-state index in [0.717, 1.165) is 45.3 Å². The highest BCUT2D eigenvalue weighted by Gasteiger charge is 2.17. The first kappa shape index (κ1) is 18.1. The standard InChI is InChI=1S/C19H24N4O3/c1-11-8-18(24-6)12(2)7-15(11)19-20-17(14(4)25-19)10-23(5)9-16-13(3)21-26-22-16/h7-8H,9-10H2,1-6H3. The first-order chi connectivity index (χ1) is 12.4. The third-order valence-corrected chi connectivity index (χ3v) is 4.45. The van der Waals surface area contributed by atoms with E-state index < -0.39 is 0 Å². The molecule has 0 spiro atoms. The first-order valence-corrected chi connectivity index (χ1v) is 8.47. The van der Waals surface area contributed by atoms with Gasteiger partial charge in [0.15, 0.2) is 0 Å². The number of aromatic nitrogens is 3. The summed E-state index contributed by atoms with van der Waals surface area (Å²) in [6, 6.07) is 4.06. The molecule has 3 aromatic rings. The zero-order valence-electron chi connectivity index (χ0n) is 16.1. The van der Waals surface area contributed by atoms with E-state index in [4.69, 9.17) is 18.8 Å². The van der Waals surface area contributed by atoms with Crippen LogP contribution in [0.1, 0.15) is 34.0 Å². The van der Waals surface area contributed by atoms with Crippen LogP contribution in [0.2, 0.25) is 0 Å². The Morgan fingerprint density at radius 3 is 2.38 bits per heavy atom. The fourth-order valence-corrected chi connectivity index (χ4v) is 2.89. The van der Waals surface area contributed by atoms with Gasteiger partial charge in [-0.3, -0.25) is 4.90 Å². The molecule has 7 nitrogen and oxygen atoms in total. The lowest BCUT2D eigenvalue weighted by molar-refractivity contribution is 0.277. The van der Waals surface area contributed by atoms with Crippen LogP contribution in [0.5, 0.6) is 5.75 Å². The summed E-state index contributed by atoms with van der Waals surface area (Å²) in [5.41, 5.74) is 5.64. The van der Waals surface area contributed by atoms with Crippen molar-refractivity contribution in [1.82, 2.24) is 20.2 Å². The second-order valence-corrected chi connectivity index (χ2v) is 6.63. The summed E-state index contributed by atoms with van der Waals surface area (Å²) in [6.07, 6.45) is 0. The Morgan fingerprint density at radius 1 is 1.00 bits per heavy atom. The summed E-state index contributed by atoms with van der Waals surface area (Å²) in [7, 11) is 3.68. The maximum absolute atomic E-state index is 5.94. The average Bonchev–Trinajstić information content (AvgIpc) is 3.15. The van der Waals surface area contributed by atoms with Gasteiger partial charge in [0.2, 0.25) is 5.89 Å². The molecule has 0 unspecified atom stereocenters. The molecule has 138 valence electrons. The summed E-state index contributed by atoms with van der Waals surface area (Å²) >= 11 is 0. The Morgan fingerprint density at radius 2 is 1.73 bits per heavy atom. The molecule has 1 aromatic carbocycles. The smallest absolute Gasteiger partial charge is 0.226 e. The van der Waals surface area contributed by atoms with Crippen molar-refractivity contribution in [2.45, 2.75) is 40.8 Å². The van der Waals surface area contributed by atoms with Gasteiger partial charge in [0.05, 0.1) is 12.8 Å². The van der Waals surface area contributed by atoms with E-state index >= 15 is 0 Å². The lowest BCUT2D eigenvalue weighted by Crippen LogP contribution is -2.18. The Kier molecular flexibility index (Phi) is 5.08. The molecule has 0 saturated carbocycles. The molecule has 0 N–H and O–H groups in total. The fourth-order valence-electron chi connectivity index (χ4n) is 2.89. The van der Waals surface area contributed by atoms with Gasteiger partial charge in [0.1, 0.15) is 22.9 Å². The van der Waals surface area contributed by atoms with E-state index in [1.807, 2.05) is 40.8 Å². The molecule has 3 rings (SSSR count). The van der Waals surface area contributed by atoms with Crippen LogP contribution < -0.4 is 4.74 Å². The number of methoxy groups -OCH3 is 1. The number of hydrogen-bond donors (Lipinski definition) is 0. The molecule has 0 aliphatic heterocycles. The molecule has 2 heterocycles. The summed E-state index contributed by atoms with van der Waals surface area (Å²) in [5, 5.41) is 7.74. The zero-order chi connectivity index (χ0) is 18.8.